The first-order chi connectivity index (χ1) is 9.63. The molecule has 21 heavy (non-hydrogen) atoms. The van der Waals surface area contributed by atoms with Crippen molar-refractivity contribution in [2.45, 2.75) is 20.0 Å². The molecule has 0 saturated heterocycles. The van der Waals surface area contributed by atoms with Crippen LogP contribution < -0.4 is 15.4 Å². The van der Waals surface area contributed by atoms with Crippen LogP contribution in [0.3, 0.4) is 0 Å². The maximum atomic E-state index is 11.8. The third kappa shape index (κ3) is 8.55. The molecule has 6 heteroatoms. The van der Waals surface area contributed by atoms with Gasteiger partial charge in [0.05, 0.1) is 6.61 Å². The smallest absolute Gasteiger partial charge is 0.260 e. The minimum Gasteiger partial charge on any atom is -0.481 e. The first-order valence-corrected chi connectivity index (χ1v) is 6.84. The molecule has 0 saturated carbocycles. The van der Waals surface area contributed by atoms with Crippen LogP contribution in [0.15, 0.2) is 24.3 Å². The molecule has 0 heterocycles. The van der Waals surface area contributed by atoms with Gasteiger partial charge in [-0.15, -0.1) is 12.4 Å². The molecule has 0 fully saturated rings. The number of aryl methyl sites for hydroxylation is 1. The van der Waals surface area contributed by atoms with Crippen LogP contribution in [0.4, 0.5) is 0 Å². The molecule has 1 aromatic carbocycles. The van der Waals surface area contributed by atoms with E-state index in [2.05, 4.69) is 10.6 Å². The third-order valence-corrected chi connectivity index (χ3v) is 2.76. The van der Waals surface area contributed by atoms with E-state index in [0.29, 0.717) is 25.4 Å². The summed E-state index contributed by atoms with van der Waals surface area (Å²) in [6.45, 7) is 6.47. The first-order valence-electron chi connectivity index (χ1n) is 6.84. The number of methoxy groups -OCH3 is 1. The van der Waals surface area contributed by atoms with Crippen molar-refractivity contribution in [2.75, 3.05) is 33.4 Å². The van der Waals surface area contributed by atoms with E-state index < -0.39 is 6.10 Å². The highest BCUT2D eigenvalue weighted by Crippen LogP contribution is 2.14. The first kappa shape index (κ1) is 19.7. The van der Waals surface area contributed by atoms with Crippen molar-refractivity contribution in [3.05, 3.63) is 29.8 Å². The highest BCUT2D eigenvalue weighted by atomic mass is 35.5. The Morgan fingerprint density at radius 2 is 2.05 bits per heavy atom. The highest BCUT2D eigenvalue weighted by molar-refractivity contribution is 5.85. The molecule has 0 radical (unpaired) electrons. The highest BCUT2D eigenvalue weighted by Gasteiger charge is 2.13. The van der Waals surface area contributed by atoms with E-state index in [-0.39, 0.29) is 18.3 Å². The third-order valence-electron chi connectivity index (χ3n) is 2.76. The lowest BCUT2D eigenvalue weighted by Crippen LogP contribution is -2.40. The van der Waals surface area contributed by atoms with Crippen molar-refractivity contribution in [2.24, 2.45) is 0 Å². The Balaban J connectivity index is 0.00000400. The summed E-state index contributed by atoms with van der Waals surface area (Å²) in [5.41, 5.74) is 1.11. The van der Waals surface area contributed by atoms with Gasteiger partial charge in [0.2, 0.25) is 0 Å². The molecule has 1 atom stereocenters. The molecule has 0 aliphatic rings. The second kappa shape index (κ2) is 11.4. The van der Waals surface area contributed by atoms with Crippen LogP contribution in [0, 0.1) is 6.92 Å². The van der Waals surface area contributed by atoms with Crippen molar-refractivity contribution in [3.63, 3.8) is 0 Å². The Morgan fingerprint density at radius 3 is 2.71 bits per heavy atom. The van der Waals surface area contributed by atoms with Crippen molar-refractivity contribution in [1.29, 1.82) is 0 Å². The van der Waals surface area contributed by atoms with Crippen LogP contribution in [-0.4, -0.2) is 45.4 Å². The van der Waals surface area contributed by atoms with Gasteiger partial charge < -0.3 is 20.1 Å². The Bertz CT molecular complexity index is 416. The summed E-state index contributed by atoms with van der Waals surface area (Å²) >= 11 is 0. The molecule has 1 amide bonds. The number of hydrogen-bond donors (Lipinski definition) is 2. The Hall–Kier alpha value is -1.30. The van der Waals surface area contributed by atoms with E-state index in [0.717, 1.165) is 12.1 Å². The molecule has 0 aliphatic carbocycles. The zero-order valence-electron chi connectivity index (χ0n) is 12.8. The summed E-state index contributed by atoms with van der Waals surface area (Å²) < 4.78 is 10.5. The topological polar surface area (TPSA) is 59.6 Å². The van der Waals surface area contributed by atoms with Gasteiger partial charge in [0.15, 0.2) is 6.10 Å². The van der Waals surface area contributed by atoms with Crippen LogP contribution >= 0.6 is 12.4 Å². The Labute approximate surface area is 132 Å². The second-order valence-electron chi connectivity index (χ2n) is 4.61. The lowest BCUT2D eigenvalue weighted by atomic mass is 10.2. The molecule has 0 spiro atoms. The molecule has 5 nitrogen and oxygen atoms in total. The number of halogens is 1. The fourth-order valence-corrected chi connectivity index (χ4v) is 1.66. The largest absolute Gasteiger partial charge is 0.481 e. The fourth-order valence-electron chi connectivity index (χ4n) is 1.66. The van der Waals surface area contributed by atoms with E-state index in [1.807, 2.05) is 31.2 Å². The van der Waals surface area contributed by atoms with Crippen molar-refractivity contribution < 1.29 is 14.3 Å². The van der Waals surface area contributed by atoms with Crippen LogP contribution in [0.25, 0.3) is 0 Å². The molecule has 2 N–H and O–H groups in total. The van der Waals surface area contributed by atoms with Gasteiger partial charge in [-0.2, -0.15) is 0 Å². The zero-order valence-corrected chi connectivity index (χ0v) is 13.7. The van der Waals surface area contributed by atoms with E-state index in [4.69, 9.17) is 9.47 Å². The summed E-state index contributed by atoms with van der Waals surface area (Å²) in [7, 11) is 1.66. The minimum absolute atomic E-state index is 0. The summed E-state index contributed by atoms with van der Waals surface area (Å²) in [5.74, 6) is 0.603. The summed E-state index contributed by atoms with van der Waals surface area (Å²) in [6, 6.07) is 7.66. The number of ether oxygens (including phenoxy) is 2. The van der Waals surface area contributed by atoms with Crippen molar-refractivity contribution in [1.82, 2.24) is 10.6 Å². The summed E-state index contributed by atoms with van der Waals surface area (Å²) in [5, 5.41) is 5.98. The molecule has 1 aromatic rings. The van der Waals surface area contributed by atoms with Crippen molar-refractivity contribution in [3.8, 4) is 5.75 Å². The zero-order chi connectivity index (χ0) is 14.8. The normalized spacial score (nSPS) is 11.4. The van der Waals surface area contributed by atoms with Crippen LogP contribution in [-0.2, 0) is 9.53 Å². The lowest BCUT2D eigenvalue weighted by Gasteiger charge is -2.15. The van der Waals surface area contributed by atoms with Gasteiger partial charge in [-0.25, -0.2) is 0 Å². The summed E-state index contributed by atoms with van der Waals surface area (Å²) in [6.07, 6.45) is -0.504. The molecule has 120 valence electrons. The molecule has 0 aromatic heterocycles. The summed E-state index contributed by atoms with van der Waals surface area (Å²) in [4.78, 5) is 11.8. The Kier molecular flexibility index (Phi) is 10.7. The van der Waals surface area contributed by atoms with Gasteiger partial charge in [-0.05, 0) is 31.5 Å². The second-order valence-corrected chi connectivity index (χ2v) is 4.61. The fraction of sp³-hybridized carbons (Fsp3) is 0.533. The standard InChI is InChI=1S/C15H24N2O3.ClH/c1-12-5-4-6-14(11-12)20-13(2)15(18)17-8-7-16-9-10-19-3;/h4-6,11,13,16H,7-10H2,1-3H3,(H,17,18);1H. The maximum Gasteiger partial charge on any atom is 0.260 e. The molecule has 0 aliphatic heterocycles. The average Bonchev–Trinajstić information content (AvgIpc) is 2.42. The van der Waals surface area contributed by atoms with Gasteiger partial charge in [0.25, 0.3) is 5.91 Å². The molecule has 1 unspecified atom stereocenters. The lowest BCUT2D eigenvalue weighted by molar-refractivity contribution is -0.127. The molecule has 0 bridgehead atoms. The molecular weight excluding hydrogens is 292 g/mol. The predicted octanol–water partition coefficient (Wildman–Crippen LogP) is 1.54. The SMILES string of the molecule is COCCNCCNC(=O)C(C)Oc1cccc(C)c1.Cl. The van der Waals surface area contributed by atoms with Crippen LogP contribution in [0.1, 0.15) is 12.5 Å². The van der Waals surface area contributed by atoms with Gasteiger partial charge in [-0.1, -0.05) is 12.1 Å². The number of rotatable bonds is 9. The number of carbonyl (C=O) groups excluding carboxylic acids is 1. The maximum absolute atomic E-state index is 11.8. The number of benzene rings is 1. The van der Waals surface area contributed by atoms with E-state index >= 15 is 0 Å². The van der Waals surface area contributed by atoms with E-state index in [1.165, 1.54) is 0 Å². The van der Waals surface area contributed by atoms with E-state index in [9.17, 15) is 4.79 Å². The van der Waals surface area contributed by atoms with Gasteiger partial charge in [-0.3, -0.25) is 4.79 Å². The Morgan fingerprint density at radius 1 is 1.29 bits per heavy atom. The minimum atomic E-state index is -0.504. The molecule has 1 rings (SSSR count). The van der Waals surface area contributed by atoms with Gasteiger partial charge >= 0.3 is 0 Å². The average molecular weight is 317 g/mol. The monoisotopic (exact) mass is 316 g/mol. The van der Waals surface area contributed by atoms with Crippen LogP contribution in [0.2, 0.25) is 0 Å². The quantitative estimate of drug-likeness (QED) is 0.678. The number of hydrogen-bond acceptors (Lipinski definition) is 4. The van der Waals surface area contributed by atoms with Gasteiger partial charge in [0.1, 0.15) is 5.75 Å². The number of carbonyl (C=O) groups is 1. The van der Waals surface area contributed by atoms with E-state index in [1.54, 1.807) is 14.0 Å². The number of nitrogens with one attached hydrogen (secondary N) is 2. The number of amides is 1. The van der Waals surface area contributed by atoms with Crippen LogP contribution in [0.5, 0.6) is 5.75 Å². The van der Waals surface area contributed by atoms with Gasteiger partial charge in [0, 0.05) is 26.7 Å². The molecular formula is C15H25ClN2O3. The van der Waals surface area contributed by atoms with Crippen molar-refractivity contribution >= 4 is 18.3 Å². The predicted molar refractivity (Wildman–Crippen MR) is 86.3 cm³/mol.